The van der Waals surface area contributed by atoms with E-state index in [1.807, 2.05) is 10.6 Å². The first-order chi connectivity index (χ1) is 13.5. The van der Waals surface area contributed by atoms with Crippen molar-refractivity contribution >= 4 is 21.9 Å². The largest absolute Gasteiger partial charge is 0.297 e. The minimum absolute atomic E-state index is 0.0113. The molecule has 146 valence electrons. The molecule has 28 heavy (non-hydrogen) atoms. The maximum Gasteiger partial charge on any atom is 0.193 e. The van der Waals surface area contributed by atoms with Crippen molar-refractivity contribution in [1.29, 1.82) is 0 Å². The van der Waals surface area contributed by atoms with Gasteiger partial charge in [0.1, 0.15) is 0 Å². The molecule has 0 radical (unpaired) electrons. The van der Waals surface area contributed by atoms with Gasteiger partial charge in [-0.15, -0.1) is 21.5 Å². The number of piperidine rings is 1. The highest BCUT2D eigenvalue weighted by atomic mass is 32.1. The Morgan fingerprint density at radius 3 is 2.71 bits per heavy atom. The van der Waals surface area contributed by atoms with Gasteiger partial charge in [-0.1, -0.05) is 20.8 Å². The first-order valence-corrected chi connectivity index (χ1v) is 10.7. The van der Waals surface area contributed by atoms with Gasteiger partial charge in [0.05, 0.1) is 11.4 Å². The van der Waals surface area contributed by atoms with Gasteiger partial charge in [-0.05, 0) is 38.1 Å². The van der Waals surface area contributed by atoms with Gasteiger partial charge in [-0.3, -0.25) is 9.30 Å². The van der Waals surface area contributed by atoms with Crippen molar-refractivity contribution in [2.75, 3.05) is 13.1 Å². The van der Waals surface area contributed by atoms with Gasteiger partial charge in [-0.2, -0.15) is 9.61 Å². The van der Waals surface area contributed by atoms with E-state index in [2.05, 4.69) is 64.1 Å². The van der Waals surface area contributed by atoms with E-state index in [1.165, 1.54) is 0 Å². The molecule has 0 aliphatic carbocycles. The first-order valence-electron chi connectivity index (χ1n) is 9.84. The fourth-order valence-corrected chi connectivity index (χ4v) is 4.61. The SMILES string of the molecule is CC(C)(C)c1ccc2nnc(C3CCN(Cc4cn5ccsc5n4)CC3)n2n1. The number of thiazole rings is 1. The van der Waals surface area contributed by atoms with Crippen molar-refractivity contribution in [1.82, 2.24) is 34.1 Å². The molecule has 4 aromatic rings. The molecule has 1 saturated heterocycles. The van der Waals surface area contributed by atoms with Crippen LogP contribution in [-0.2, 0) is 12.0 Å². The van der Waals surface area contributed by atoms with E-state index in [0.717, 1.165) is 60.3 Å². The molecule has 0 N–H and O–H groups in total. The Bertz CT molecular complexity index is 1080. The van der Waals surface area contributed by atoms with E-state index in [4.69, 9.17) is 10.1 Å². The lowest BCUT2D eigenvalue weighted by Crippen LogP contribution is -2.33. The summed E-state index contributed by atoms with van der Waals surface area (Å²) in [6.07, 6.45) is 6.36. The smallest absolute Gasteiger partial charge is 0.193 e. The molecule has 0 bridgehead atoms. The highest BCUT2D eigenvalue weighted by molar-refractivity contribution is 7.15. The molecule has 5 heterocycles. The molecule has 0 aromatic carbocycles. The van der Waals surface area contributed by atoms with E-state index in [1.54, 1.807) is 11.3 Å². The van der Waals surface area contributed by atoms with Crippen LogP contribution in [0, 0.1) is 0 Å². The van der Waals surface area contributed by atoms with Gasteiger partial charge in [0.2, 0.25) is 0 Å². The van der Waals surface area contributed by atoms with E-state index in [-0.39, 0.29) is 5.41 Å². The zero-order valence-corrected chi connectivity index (χ0v) is 17.4. The van der Waals surface area contributed by atoms with Crippen molar-refractivity contribution in [3.05, 3.63) is 47.1 Å². The van der Waals surface area contributed by atoms with Gasteiger partial charge < -0.3 is 0 Å². The maximum atomic E-state index is 4.85. The van der Waals surface area contributed by atoms with Gasteiger partial charge >= 0.3 is 0 Å². The minimum atomic E-state index is 0.0113. The Labute approximate surface area is 168 Å². The summed E-state index contributed by atoms with van der Waals surface area (Å²) < 4.78 is 4.07. The molecule has 0 unspecified atom stereocenters. The highest BCUT2D eigenvalue weighted by Gasteiger charge is 2.26. The summed E-state index contributed by atoms with van der Waals surface area (Å²) in [6.45, 7) is 9.55. The summed E-state index contributed by atoms with van der Waals surface area (Å²) in [6, 6.07) is 4.09. The summed E-state index contributed by atoms with van der Waals surface area (Å²) in [5, 5.41) is 15.8. The minimum Gasteiger partial charge on any atom is -0.297 e. The second-order valence-corrected chi connectivity index (χ2v) is 9.55. The molecule has 0 amide bonds. The Hall–Kier alpha value is -2.32. The van der Waals surface area contributed by atoms with Crippen LogP contribution in [0.2, 0.25) is 0 Å². The molecule has 8 heteroatoms. The average Bonchev–Trinajstić information content (AvgIpc) is 3.35. The Kier molecular flexibility index (Phi) is 4.21. The molecule has 1 aliphatic heterocycles. The quantitative estimate of drug-likeness (QED) is 0.531. The number of fused-ring (bicyclic) bond motifs is 2. The average molecular weight is 396 g/mol. The standard InChI is InChI=1S/C20H25N7S/c1-20(2,3)16-4-5-17-22-23-18(27(17)24-16)14-6-8-25(9-7-14)12-15-13-26-10-11-28-19(26)21-15/h4-5,10-11,13-14H,6-9,12H2,1-3H3. The maximum absolute atomic E-state index is 4.85. The molecule has 7 nitrogen and oxygen atoms in total. The molecular weight excluding hydrogens is 370 g/mol. The van der Waals surface area contributed by atoms with Crippen LogP contribution in [-0.4, -0.2) is 47.2 Å². The van der Waals surface area contributed by atoms with Gasteiger partial charge in [0.15, 0.2) is 16.4 Å². The number of hydrogen-bond acceptors (Lipinski definition) is 6. The summed E-state index contributed by atoms with van der Waals surface area (Å²) in [5.41, 5.74) is 3.06. The van der Waals surface area contributed by atoms with Crippen molar-refractivity contribution in [2.24, 2.45) is 0 Å². The molecular formula is C20H25N7S. The summed E-state index contributed by atoms with van der Waals surface area (Å²) in [7, 11) is 0. The predicted molar refractivity (Wildman–Crippen MR) is 110 cm³/mol. The normalized spacial score (nSPS) is 17.1. The van der Waals surface area contributed by atoms with Crippen LogP contribution >= 0.6 is 11.3 Å². The molecule has 5 rings (SSSR count). The molecule has 1 fully saturated rings. The summed E-state index contributed by atoms with van der Waals surface area (Å²) in [4.78, 5) is 8.27. The fraction of sp³-hybridized carbons (Fsp3) is 0.500. The number of rotatable bonds is 3. The van der Waals surface area contributed by atoms with Crippen LogP contribution < -0.4 is 0 Å². The number of imidazole rings is 1. The lowest BCUT2D eigenvalue weighted by molar-refractivity contribution is 0.199. The Balaban J connectivity index is 1.30. The third kappa shape index (κ3) is 3.20. The van der Waals surface area contributed by atoms with E-state index >= 15 is 0 Å². The van der Waals surface area contributed by atoms with Crippen LogP contribution in [0.5, 0.6) is 0 Å². The topological polar surface area (TPSA) is 63.6 Å². The number of aromatic nitrogens is 6. The second kappa shape index (κ2) is 6.63. The van der Waals surface area contributed by atoms with Crippen LogP contribution in [0.4, 0.5) is 0 Å². The molecule has 1 aliphatic rings. The lowest BCUT2D eigenvalue weighted by atomic mass is 9.92. The van der Waals surface area contributed by atoms with Gasteiger partial charge in [0.25, 0.3) is 0 Å². The monoisotopic (exact) mass is 395 g/mol. The number of nitrogens with zero attached hydrogens (tertiary/aromatic N) is 7. The zero-order valence-electron chi connectivity index (χ0n) is 16.5. The van der Waals surface area contributed by atoms with E-state index in [9.17, 15) is 0 Å². The summed E-state index contributed by atoms with van der Waals surface area (Å²) >= 11 is 1.68. The zero-order chi connectivity index (χ0) is 19.3. The molecule has 0 atom stereocenters. The molecule has 0 saturated carbocycles. The van der Waals surface area contributed by atoms with Gasteiger partial charge in [-0.25, -0.2) is 4.98 Å². The Morgan fingerprint density at radius 1 is 1.14 bits per heavy atom. The predicted octanol–water partition coefficient (Wildman–Crippen LogP) is 3.51. The van der Waals surface area contributed by atoms with Gasteiger partial charge in [0, 0.05) is 35.7 Å². The van der Waals surface area contributed by atoms with Crippen molar-refractivity contribution in [3.63, 3.8) is 0 Å². The number of hydrogen-bond donors (Lipinski definition) is 0. The van der Waals surface area contributed by atoms with Crippen LogP contribution in [0.15, 0.2) is 29.9 Å². The van der Waals surface area contributed by atoms with Crippen molar-refractivity contribution in [2.45, 2.75) is 51.5 Å². The third-order valence-corrected chi connectivity index (χ3v) is 6.31. The Morgan fingerprint density at radius 2 is 1.96 bits per heavy atom. The third-order valence-electron chi connectivity index (χ3n) is 5.54. The lowest BCUT2D eigenvalue weighted by Gasteiger charge is -2.30. The fourth-order valence-electron chi connectivity index (χ4n) is 3.89. The van der Waals surface area contributed by atoms with Crippen LogP contribution in [0.3, 0.4) is 0 Å². The van der Waals surface area contributed by atoms with Crippen LogP contribution in [0.25, 0.3) is 10.6 Å². The van der Waals surface area contributed by atoms with E-state index < -0.39 is 0 Å². The summed E-state index contributed by atoms with van der Waals surface area (Å²) in [5.74, 6) is 1.41. The van der Waals surface area contributed by atoms with E-state index in [0.29, 0.717) is 5.92 Å². The van der Waals surface area contributed by atoms with Crippen LogP contribution in [0.1, 0.15) is 56.7 Å². The highest BCUT2D eigenvalue weighted by Crippen LogP contribution is 2.28. The van der Waals surface area contributed by atoms with Crippen molar-refractivity contribution < 1.29 is 0 Å². The number of likely N-dealkylation sites (tertiary alicyclic amines) is 1. The van der Waals surface area contributed by atoms with Crippen molar-refractivity contribution in [3.8, 4) is 0 Å². The second-order valence-electron chi connectivity index (χ2n) is 8.67. The molecule has 4 aromatic heterocycles. The molecule has 0 spiro atoms. The first kappa shape index (κ1) is 17.8.